The Bertz CT molecular complexity index is 454. The van der Waals surface area contributed by atoms with E-state index in [0.717, 1.165) is 25.1 Å². The quantitative estimate of drug-likeness (QED) is 0.903. The maximum atomic E-state index is 12.5. The monoisotopic (exact) mass is 265 g/mol. The number of aryl methyl sites for hydroxylation is 1. The van der Waals surface area contributed by atoms with Crippen molar-refractivity contribution in [1.29, 1.82) is 0 Å². The van der Waals surface area contributed by atoms with Gasteiger partial charge in [-0.05, 0) is 31.7 Å². The van der Waals surface area contributed by atoms with Crippen molar-refractivity contribution >= 4 is 5.91 Å². The van der Waals surface area contributed by atoms with E-state index in [4.69, 9.17) is 0 Å². The third kappa shape index (κ3) is 2.97. The molecule has 1 N–H and O–H groups in total. The van der Waals surface area contributed by atoms with Gasteiger partial charge < -0.3 is 10.0 Å². The number of carbonyl (C=O) groups excluding carboxylic acids is 1. The summed E-state index contributed by atoms with van der Waals surface area (Å²) in [4.78, 5) is 14.3. The van der Waals surface area contributed by atoms with Crippen LogP contribution in [0.15, 0.2) is 6.07 Å². The van der Waals surface area contributed by atoms with Gasteiger partial charge in [0.05, 0.1) is 11.8 Å². The molecule has 1 fully saturated rings. The Kier molecular flexibility index (Phi) is 4.24. The minimum Gasteiger partial charge on any atom is -0.391 e. The van der Waals surface area contributed by atoms with Crippen LogP contribution in [0.1, 0.15) is 55.7 Å². The zero-order valence-electron chi connectivity index (χ0n) is 12.0. The summed E-state index contributed by atoms with van der Waals surface area (Å²) >= 11 is 0. The minimum absolute atomic E-state index is 0.0139. The van der Waals surface area contributed by atoms with Crippen molar-refractivity contribution in [3.8, 4) is 0 Å². The fraction of sp³-hybridized carbons (Fsp3) is 0.714. The van der Waals surface area contributed by atoms with Gasteiger partial charge in [0.2, 0.25) is 0 Å². The molecule has 19 heavy (non-hydrogen) atoms. The SMILES string of the molecule is CCn1nc(C(C)C)cc1C(=O)N1CCC[C@H](O)C1. The molecule has 1 aromatic heterocycles. The van der Waals surface area contributed by atoms with E-state index in [-0.39, 0.29) is 12.0 Å². The van der Waals surface area contributed by atoms with Gasteiger partial charge in [-0.1, -0.05) is 13.8 Å². The van der Waals surface area contributed by atoms with Crippen molar-refractivity contribution in [3.63, 3.8) is 0 Å². The Morgan fingerprint density at radius 3 is 2.89 bits per heavy atom. The van der Waals surface area contributed by atoms with Crippen molar-refractivity contribution < 1.29 is 9.90 Å². The van der Waals surface area contributed by atoms with Crippen LogP contribution in [0.2, 0.25) is 0 Å². The number of β-amino-alcohol motifs (C(OH)–C–C–N with tert-alkyl or cyclic N) is 1. The second kappa shape index (κ2) is 5.74. The van der Waals surface area contributed by atoms with E-state index < -0.39 is 0 Å². The van der Waals surface area contributed by atoms with E-state index >= 15 is 0 Å². The number of amides is 1. The van der Waals surface area contributed by atoms with Crippen LogP contribution in [0.25, 0.3) is 0 Å². The van der Waals surface area contributed by atoms with Gasteiger partial charge in [-0.2, -0.15) is 5.10 Å². The van der Waals surface area contributed by atoms with E-state index in [9.17, 15) is 9.90 Å². The summed E-state index contributed by atoms with van der Waals surface area (Å²) in [5.74, 6) is 0.297. The molecular formula is C14H23N3O2. The lowest BCUT2D eigenvalue weighted by atomic mass is 10.1. The highest BCUT2D eigenvalue weighted by Crippen LogP contribution is 2.18. The van der Waals surface area contributed by atoms with Crippen molar-refractivity contribution in [2.75, 3.05) is 13.1 Å². The second-order valence-corrected chi connectivity index (χ2v) is 5.47. The van der Waals surface area contributed by atoms with Crippen LogP contribution in [0, 0.1) is 0 Å². The number of aliphatic hydroxyl groups is 1. The lowest BCUT2D eigenvalue weighted by Gasteiger charge is -2.30. The standard InChI is InChI=1S/C14H23N3O2/c1-4-17-13(8-12(15-17)10(2)3)14(19)16-7-5-6-11(18)9-16/h8,10-11,18H,4-7,9H2,1-3H3/t11-/m0/s1. The number of carbonyl (C=O) groups is 1. The zero-order chi connectivity index (χ0) is 14.0. The summed E-state index contributed by atoms with van der Waals surface area (Å²) in [5.41, 5.74) is 1.59. The maximum Gasteiger partial charge on any atom is 0.272 e. The van der Waals surface area contributed by atoms with Crippen LogP contribution in [0.5, 0.6) is 0 Å². The summed E-state index contributed by atoms with van der Waals surface area (Å²) in [6.45, 7) is 7.97. The van der Waals surface area contributed by atoms with Gasteiger partial charge >= 0.3 is 0 Å². The Balaban J connectivity index is 2.22. The first kappa shape index (κ1) is 14.1. The van der Waals surface area contributed by atoms with Gasteiger partial charge in [0.1, 0.15) is 5.69 Å². The number of aliphatic hydroxyl groups excluding tert-OH is 1. The maximum absolute atomic E-state index is 12.5. The van der Waals surface area contributed by atoms with E-state index in [2.05, 4.69) is 18.9 Å². The Morgan fingerprint density at radius 2 is 2.32 bits per heavy atom. The minimum atomic E-state index is -0.389. The molecule has 1 aliphatic rings. The van der Waals surface area contributed by atoms with Gasteiger partial charge in [-0.3, -0.25) is 9.48 Å². The molecule has 2 heterocycles. The van der Waals surface area contributed by atoms with Crippen LogP contribution >= 0.6 is 0 Å². The van der Waals surface area contributed by atoms with E-state index in [1.807, 2.05) is 13.0 Å². The predicted octanol–water partition coefficient (Wildman–Crippen LogP) is 1.62. The molecule has 0 saturated carbocycles. The van der Waals surface area contributed by atoms with Crippen LogP contribution < -0.4 is 0 Å². The first-order valence-corrected chi connectivity index (χ1v) is 7.08. The van der Waals surface area contributed by atoms with Crippen molar-refractivity contribution in [2.24, 2.45) is 0 Å². The molecule has 0 aliphatic carbocycles. The number of nitrogens with zero attached hydrogens (tertiary/aromatic N) is 3. The summed E-state index contributed by atoms with van der Waals surface area (Å²) in [6, 6.07) is 1.89. The number of aromatic nitrogens is 2. The molecule has 106 valence electrons. The van der Waals surface area contributed by atoms with Crippen molar-refractivity contribution in [3.05, 3.63) is 17.5 Å². The lowest BCUT2D eigenvalue weighted by molar-refractivity contribution is 0.0463. The smallest absolute Gasteiger partial charge is 0.272 e. The molecule has 0 spiro atoms. The van der Waals surface area contributed by atoms with E-state index in [1.165, 1.54) is 0 Å². The molecule has 0 bridgehead atoms. The molecule has 5 heteroatoms. The number of hydrogen-bond acceptors (Lipinski definition) is 3. The fourth-order valence-electron chi connectivity index (χ4n) is 2.43. The molecule has 0 aromatic carbocycles. The molecule has 1 saturated heterocycles. The summed E-state index contributed by atoms with van der Waals surface area (Å²) in [7, 11) is 0. The van der Waals surface area contributed by atoms with E-state index in [1.54, 1.807) is 9.58 Å². The Morgan fingerprint density at radius 1 is 1.58 bits per heavy atom. The average molecular weight is 265 g/mol. The average Bonchev–Trinajstić information content (AvgIpc) is 2.82. The molecule has 1 atom stereocenters. The highest BCUT2D eigenvalue weighted by Gasteiger charge is 2.26. The second-order valence-electron chi connectivity index (χ2n) is 5.47. The molecule has 5 nitrogen and oxygen atoms in total. The fourth-order valence-corrected chi connectivity index (χ4v) is 2.43. The highest BCUT2D eigenvalue weighted by atomic mass is 16.3. The number of rotatable bonds is 3. The third-order valence-electron chi connectivity index (χ3n) is 3.59. The van der Waals surface area contributed by atoms with Crippen LogP contribution in [0.4, 0.5) is 0 Å². The van der Waals surface area contributed by atoms with Gasteiger partial charge in [0.25, 0.3) is 5.91 Å². The van der Waals surface area contributed by atoms with Crippen LogP contribution in [-0.2, 0) is 6.54 Å². The van der Waals surface area contributed by atoms with Gasteiger partial charge in [-0.25, -0.2) is 0 Å². The largest absolute Gasteiger partial charge is 0.391 e. The lowest BCUT2D eigenvalue weighted by Crippen LogP contribution is -2.42. The van der Waals surface area contributed by atoms with Gasteiger partial charge in [-0.15, -0.1) is 0 Å². The predicted molar refractivity (Wildman–Crippen MR) is 73.1 cm³/mol. The third-order valence-corrected chi connectivity index (χ3v) is 3.59. The topological polar surface area (TPSA) is 58.4 Å². The number of hydrogen-bond donors (Lipinski definition) is 1. The van der Waals surface area contributed by atoms with Crippen LogP contribution in [0.3, 0.4) is 0 Å². The summed E-state index contributed by atoms with van der Waals surface area (Å²) in [5, 5.41) is 14.1. The summed E-state index contributed by atoms with van der Waals surface area (Å²) in [6.07, 6.45) is 1.26. The molecule has 1 aromatic rings. The molecule has 0 unspecified atom stereocenters. The highest BCUT2D eigenvalue weighted by molar-refractivity contribution is 5.92. The van der Waals surface area contributed by atoms with Gasteiger partial charge in [0.15, 0.2) is 0 Å². The van der Waals surface area contributed by atoms with Crippen molar-refractivity contribution in [1.82, 2.24) is 14.7 Å². The summed E-state index contributed by atoms with van der Waals surface area (Å²) < 4.78 is 1.76. The number of likely N-dealkylation sites (tertiary alicyclic amines) is 1. The van der Waals surface area contributed by atoms with Crippen molar-refractivity contribution in [2.45, 2.75) is 52.2 Å². The molecule has 1 amide bonds. The molecular weight excluding hydrogens is 242 g/mol. The zero-order valence-corrected chi connectivity index (χ0v) is 12.0. The molecule has 0 radical (unpaired) electrons. The van der Waals surface area contributed by atoms with Gasteiger partial charge in [0, 0.05) is 19.6 Å². The molecule has 2 rings (SSSR count). The van der Waals surface area contributed by atoms with E-state index in [0.29, 0.717) is 24.7 Å². The first-order valence-electron chi connectivity index (χ1n) is 7.08. The number of piperidine rings is 1. The Labute approximate surface area is 114 Å². The Hall–Kier alpha value is -1.36. The molecule has 1 aliphatic heterocycles. The first-order chi connectivity index (χ1) is 9.02. The normalized spacial score (nSPS) is 20.1. The van der Waals surface area contributed by atoms with Crippen LogP contribution in [-0.4, -0.2) is 44.9 Å².